The number of hydrogen-bond donors (Lipinski definition) is 1. The number of benzene rings is 1. The molecule has 2 heterocycles. The van der Waals surface area contributed by atoms with E-state index >= 15 is 0 Å². The number of nitrogens with zero attached hydrogens (tertiary/aromatic N) is 1. The molecule has 6 nitrogen and oxygen atoms in total. The minimum absolute atomic E-state index is 0.0584. The van der Waals surface area contributed by atoms with Crippen LogP contribution in [0.5, 0.6) is 5.75 Å². The number of rotatable bonds is 6. The first-order chi connectivity index (χ1) is 12.4. The highest BCUT2D eigenvalue weighted by Crippen LogP contribution is 2.22. The standard InChI is InChI=1S/C18H21FN2O4S/c1-26(22,23)21-18-8-9-24-11-14(18)12-25-16-5-2-13(3-6-16)17-7-4-15(19)10-20-17/h2-7,10,14,18,21H,8-9,11-12H2,1H3/t14-,18+/m1/s1. The van der Waals surface area contributed by atoms with Crippen LogP contribution in [0, 0.1) is 11.7 Å². The van der Waals surface area contributed by atoms with Gasteiger partial charge in [-0.2, -0.15) is 0 Å². The van der Waals surface area contributed by atoms with Gasteiger partial charge in [0.2, 0.25) is 10.0 Å². The molecule has 140 valence electrons. The summed E-state index contributed by atoms with van der Waals surface area (Å²) in [4.78, 5) is 4.04. The highest BCUT2D eigenvalue weighted by molar-refractivity contribution is 7.88. The van der Waals surface area contributed by atoms with Crippen LogP contribution in [-0.2, 0) is 14.8 Å². The van der Waals surface area contributed by atoms with Crippen molar-refractivity contribution in [3.8, 4) is 17.0 Å². The highest BCUT2D eigenvalue weighted by Gasteiger charge is 2.28. The Kier molecular flexibility index (Phi) is 5.85. The molecule has 26 heavy (non-hydrogen) atoms. The molecular formula is C18H21FN2O4S. The molecule has 1 aliphatic heterocycles. The number of ether oxygens (including phenoxy) is 2. The summed E-state index contributed by atoms with van der Waals surface area (Å²) in [5.74, 6) is 0.233. The monoisotopic (exact) mass is 380 g/mol. The van der Waals surface area contributed by atoms with Crippen LogP contribution in [0.25, 0.3) is 11.3 Å². The third-order valence-electron chi connectivity index (χ3n) is 4.18. The Labute approximate surface area is 152 Å². The van der Waals surface area contributed by atoms with Crippen molar-refractivity contribution in [2.45, 2.75) is 12.5 Å². The van der Waals surface area contributed by atoms with Gasteiger partial charge in [-0.25, -0.2) is 17.5 Å². The van der Waals surface area contributed by atoms with Gasteiger partial charge in [-0.1, -0.05) is 0 Å². The van der Waals surface area contributed by atoms with E-state index in [4.69, 9.17) is 9.47 Å². The van der Waals surface area contributed by atoms with Crippen LogP contribution in [-0.4, -0.2) is 45.5 Å². The van der Waals surface area contributed by atoms with Gasteiger partial charge in [-0.05, 0) is 42.8 Å². The van der Waals surface area contributed by atoms with Crippen LogP contribution in [0.3, 0.4) is 0 Å². The van der Waals surface area contributed by atoms with E-state index in [1.54, 1.807) is 6.07 Å². The van der Waals surface area contributed by atoms with Gasteiger partial charge in [0.1, 0.15) is 11.6 Å². The lowest BCUT2D eigenvalue weighted by Crippen LogP contribution is -2.47. The molecular weight excluding hydrogens is 359 g/mol. The SMILES string of the molecule is CS(=O)(=O)N[C@H]1CCOC[C@@H]1COc1ccc(-c2ccc(F)cn2)cc1. The Morgan fingerprint density at radius 2 is 2.04 bits per heavy atom. The second-order valence-electron chi connectivity index (χ2n) is 6.32. The lowest BCUT2D eigenvalue weighted by Gasteiger charge is -2.31. The maximum absolute atomic E-state index is 12.9. The third kappa shape index (κ3) is 5.23. The van der Waals surface area contributed by atoms with E-state index in [9.17, 15) is 12.8 Å². The van der Waals surface area contributed by atoms with Crippen molar-refractivity contribution in [2.24, 2.45) is 5.92 Å². The van der Waals surface area contributed by atoms with Crippen LogP contribution in [0.2, 0.25) is 0 Å². The van der Waals surface area contributed by atoms with Crippen LogP contribution in [0.15, 0.2) is 42.6 Å². The van der Waals surface area contributed by atoms with E-state index in [0.29, 0.717) is 37.7 Å². The second-order valence-corrected chi connectivity index (χ2v) is 8.10. The number of nitrogens with one attached hydrogen (secondary N) is 1. The van der Waals surface area contributed by atoms with Crippen molar-refractivity contribution in [1.82, 2.24) is 9.71 Å². The molecule has 1 aromatic carbocycles. The molecule has 1 aliphatic rings. The smallest absolute Gasteiger partial charge is 0.208 e. The largest absolute Gasteiger partial charge is 0.493 e. The molecule has 0 saturated carbocycles. The average molecular weight is 380 g/mol. The number of sulfonamides is 1. The first-order valence-electron chi connectivity index (χ1n) is 8.30. The predicted octanol–water partition coefficient (Wildman–Crippen LogP) is 2.22. The van der Waals surface area contributed by atoms with Crippen molar-refractivity contribution in [3.05, 3.63) is 48.4 Å². The zero-order valence-corrected chi connectivity index (χ0v) is 15.2. The fraction of sp³-hybridized carbons (Fsp3) is 0.389. The molecule has 0 aliphatic carbocycles. The molecule has 0 unspecified atom stereocenters. The molecule has 1 saturated heterocycles. The maximum Gasteiger partial charge on any atom is 0.208 e. The van der Waals surface area contributed by atoms with E-state index < -0.39 is 10.0 Å². The zero-order valence-electron chi connectivity index (χ0n) is 14.4. The molecule has 2 aromatic rings. The summed E-state index contributed by atoms with van der Waals surface area (Å²) in [5.41, 5.74) is 1.53. The van der Waals surface area contributed by atoms with Crippen LogP contribution in [0.1, 0.15) is 6.42 Å². The molecule has 1 N–H and O–H groups in total. The summed E-state index contributed by atoms with van der Waals surface area (Å²) in [7, 11) is -3.27. The highest BCUT2D eigenvalue weighted by atomic mass is 32.2. The summed E-state index contributed by atoms with van der Waals surface area (Å²) in [6.07, 6.45) is 2.95. The van der Waals surface area contributed by atoms with E-state index in [1.807, 2.05) is 24.3 Å². The van der Waals surface area contributed by atoms with E-state index in [1.165, 1.54) is 12.3 Å². The van der Waals surface area contributed by atoms with Gasteiger partial charge in [-0.3, -0.25) is 4.98 Å². The summed E-state index contributed by atoms with van der Waals surface area (Å²) in [5, 5.41) is 0. The first kappa shape index (κ1) is 18.8. The summed E-state index contributed by atoms with van der Waals surface area (Å²) in [6.45, 7) is 1.33. The molecule has 1 fully saturated rings. The van der Waals surface area contributed by atoms with Crippen LogP contribution >= 0.6 is 0 Å². The fourth-order valence-corrected chi connectivity index (χ4v) is 3.72. The first-order valence-corrected chi connectivity index (χ1v) is 10.2. The fourth-order valence-electron chi connectivity index (χ4n) is 2.86. The molecule has 0 bridgehead atoms. The van der Waals surface area contributed by atoms with E-state index in [0.717, 1.165) is 11.8 Å². The maximum atomic E-state index is 12.9. The van der Waals surface area contributed by atoms with Gasteiger partial charge < -0.3 is 9.47 Å². The molecule has 3 rings (SSSR count). The summed E-state index contributed by atoms with van der Waals surface area (Å²) < 4.78 is 49.8. The lowest BCUT2D eigenvalue weighted by atomic mass is 9.98. The third-order valence-corrected chi connectivity index (χ3v) is 4.91. The Morgan fingerprint density at radius 1 is 1.27 bits per heavy atom. The van der Waals surface area contributed by atoms with Crippen LogP contribution in [0.4, 0.5) is 4.39 Å². The Hall–Kier alpha value is -2.03. The Bertz CT molecular complexity index is 825. The van der Waals surface area contributed by atoms with Crippen molar-refractivity contribution in [3.63, 3.8) is 0 Å². The number of hydrogen-bond acceptors (Lipinski definition) is 5. The Morgan fingerprint density at radius 3 is 2.69 bits per heavy atom. The number of halogens is 1. The van der Waals surface area contributed by atoms with Crippen LogP contribution < -0.4 is 9.46 Å². The molecule has 0 spiro atoms. The molecule has 1 aromatic heterocycles. The topological polar surface area (TPSA) is 77.5 Å². The molecule has 8 heteroatoms. The summed E-state index contributed by atoms with van der Waals surface area (Å²) >= 11 is 0. The van der Waals surface area contributed by atoms with Gasteiger partial charge in [0.25, 0.3) is 0 Å². The van der Waals surface area contributed by atoms with Crippen molar-refractivity contribution >= 4 is 10.0 Å². The van der Waals surface area contributed by atoms with Gasteiger partial charge in [0.15, 0.2) is 0 Å². The Balaban J connectivity index is 1.61. The molecule has 0 radical (unpaired) electrons. The van der Waals surface area contributed by atoms with Gasteiger partial charge in [-0.15, -0.1) is 0 Å². The van der Waals surface area contributed by atoms with Crippen molar-refractivity contribution in [2.75, 3.05) is 26.1 Å². The predicted molar refractivity (Wildman–Crippen MR) is 95.8 cm³/mol. The zero-order chi connectivity index (χ0) is 18.6. The van der Waals surface area contributed by atoms with Gasteiger partial charge in [0, 0.05) is 24.1 Å². The van der Waals surface area contributed by atoms with Gasteiger partial charge >= 0.3 is 0 Å². The normalized spacial score (nSPS) is 20.7. The van der Waals surface area contributed by atoms with Crippen molar-refractivity contribution < 1.29 is 22.3 Å². The minimum Gasteiger partial charge on any atom is -0.493 e. The van der Waals surface area contributed by atoms with E-state index in [2.05, 4.69) is 9.71 Å². The number of aromatic nitrogens is 1. The van der Waals surface area contributed by atoms with E-state index in [-0.39, 0.29) is 17.8 Å². The lowest BCUT2D eigenvalue weighted by molar-refractivity contribution is 0.0187. The van der Waals surface area contributed by atoms with Crippen molar-refractivity contribution in [1.29, 1.82) is 0 Å². The molecule has 0 amide bonds. The minimum atomic E-state index is -3.27. The summed E-state index contributed by atoms with van der Waals surface area (Å²) in [6, 6.07) is 10.1. The number of pyridine rings is 1. The average Bonchev–Trinajstić information content (AvgIpc) is 2.61. The van der Waals surface area contributed by atoms with Gasteiger partial charge in [0.05, 0.1) is 31.4 Å². The molecule has 2 atom stereocenters. The second kappa shape index (κ2) is 8.11. The quantitative estimate of drug-likeness (QED) is 0.832.